The van der Waals surface area contributed by atoms with Crippen LogP contribution >= 0.6 is 0 Å². The highest BCUT2D eigenvalue weighted by Crippen LogP contribution is 2.35. The summed E-state index contributed by atoms with van der Waals surface area (Å²) in [5, 5.41) is 9.09. The zero-order chi connectivity index (χ0) is 13.2. The second-order valence-corrected chi connectivity index (χ2v) is 6.15. The molecule has 1 N–H and O–H groups in total. The monoisotopic (exact) mass is 249 g/mol. The van der Waals surface area contributed by atoms with E-state index >= 15 is 0 Å². The molecule has 0 unspecified atom stereocenters. The second-order valence-electron chi connectivity index (χ2n) is 6.15. The third kappa shape index (κ3) is 2.99. The number of nitrogens with zero attached hydrogens (tertiary/aromatic N) is 3. The molecule has 0 aliphatic carbocycles. The summed E-state index contributed by atoms with van der Waals surface area (Å²) >= 11 is 0. The van der Waals surface area contributed by atoms with E-state index in [1.165, 1.54) is 12.8 Å². The van der Waals surface area contributed by atoms with Gasteiger partial charge in [0.1, 0.15) is 5.82 Å². The predicted molar refractivity (Wildman–Crippen MR) is 72.3 cm³/mol. The van der Waals surface area contributed by atoms with E-state index < -0.39 is 0 Å². The molecule has 0 atom stereocenters. The molecule has 0 saturated carbocycles. The summed E-state index contributed by atoms with van der Waals surface area (Å²) in [5.74, 6) is 1.68. The van der Waals surface area contributed by atoms with Gasteiger partial charge in [0, 0.05) is 13.1 Å². The van der Waals surface area contributed by atoms with Gasteiger partial charge >= 0.3 is 0 Å². The Morgan fingerprint density at radius 3 is 2.50 bits per heavy atom. The van der Waals surface area contributed by atoms with Crippen molar-refractivity contribution >= 4 is 5.82 Å². The highest BCUT2D eigenvalue weighted by atomic mass is 16.3. The minimum absolute atomic E-state index is 0.0424. The van der Waals surface area contributed by atoms with Crippen LogP contribution in [0.2, 0.25) is 0 Å². The van der Waals surface area contributed by atoms with E-state index in [9.17, 15) is 0 Å². The molecular formula is C14H23N3O. The lowest BCUT2D eigenvalue weighted by molar-refractivity contribution is 0.198. The van der Waals surface area contributed by atoms with Gasteiger partial charge in [-0.2, -0.15) is 0 Å². The van der Waals surface area contributed by atoms with Crippen LogP contribution in [-0.4, -0.2) is 28.2 Å². The normalized spacial score (nSPS) is 18.1. The molecule has 1 aliphatic heterocycles. The number of rotatable bonds is 2. The molecule has 100 valence electrons. The summed E-state index contributed by atoms with van der Waals surface area (Å²) in [6.07, 6.45) is 5.81. The van der Waals surface area contributed by atoms with Crippen molar-refractivity contribution in [3.05, 3.63) is 18.1 Å². The van der Waals surface area contributed by atoms with E-state index in [-0.39, 0.29) is 6.61 Å². The Morgan fingerprint density at radius 1 is 1.28 bits per heavy atom. The number of aromatic nitrogens is 2. The maximum atomic E-state index is 9.09. The van der Waals surface area contributed by atoms with E-state index in [4.69, 9.17) is 5.11 Å². The van der Waals surface area contributed by atoms with Crippen molar-refractivity contribution in [2.24, 2.45) is 11.3 Å². The summed E-state index contributed by atoms with van der Waals surface area (Å²) in [5.41, 5.74) is 1.04. The van der Waals surface area contributed by atoms with Crippen LogP contribution in [0.1, 0.15) is 39.3 Å². The van der Waals surface area contributed by atoms with Crippen LogP contribution in [0.15, 0.2) is 12.4 Å². The molecular weight excluding hydrogens is 226 g/mol. The largest absolute Gasteiger partial charge is 0.390 e. The molecule has 2 heterocycles. The molecule has 1 saturated heterocycles. The van der Waals surface area contributed by atoms with Gasteiger partial charge in [0.15, 0.2) is 0 Å². The van der Waals surface area contributed by atoms with E-state index in [1.54, 1.807) is 12.4 Å². The molecule has 18 heavy (non-hydrogen) atoms. The van der Waals surface area contributed by atoms with Crippen molar-refractivity contribution < 1.29 is 5.11 Å². The quantitative estimate of drug-likeness (QED) is 0.873. The van der Waals surface area contributed by atoms with Gasteiger partial charge in [0.25, 0.3) is 0 Å². The lowest BCUT2D eigenvalue weighted by Gasteiger charge is -2.39. The lowest BCUT2D eigenvalue weighted by atomic mass is 9.75. The Kier molecular flexibility index (Phi) is 3.85. The maximum absolute atomic E-state index is 9.09. The predicted octanol–water partition coefficient (Wildman–Crippen LogP) is 2.23. The van der Waals surface area contributed by atoms with Gasteiger partial charge < -0.3 is 10.0 Å². The second kappa shape index (κ2) is 5.22. The van der Waals surface area contributed by atoms with Crippen LogP contribution in [-0.2, 0) is 6.61 Å². The Bertz CT molecular complexity index is 392. The smallest absolute Gasteiger partial charge is 0.147 e. The average molecular weight is 249 g/mol. The molecule has 4 heteroatoms. The van der Waals surface area contributed by atoms with Crippen molar-refractivity contribution in [2.45, 2.75) is 40.2 Å². The van der Waals surface area contributed by atoms with Crippen LogP contribution in [0, 0.1) is 11.3 Å². The molecule has 1 fully saturated rings. The first kappa shape index (κ1) is 13.3. The fourth-order valence-electron chi connectivity index (χ4n) is 2.60. The summed E-state index contributed by atoms with van der Waals surface area (Å²) < 4.78 is 0. The SMILES string of the molecule is CC(C)(C)C1CCN(c2cncc(CO)n2)CC1. The van der Waals surface area contributed by atoms with Crippen molar-refractivity contribution in [1.29, 1.82) is 0 Å². The first-order chi connectivity index (χ1) is 8.50. The third-order valence-electron chi connectivity index (χ3n) is 3.88. The summed E-state index contributed by atoms with van der Waals surface area (Å²) in [4.78, 5) is 10.8. The molecule has 1 aromatic rings. The maximum Gasteiger partial charge on any atom is 0.147 e. The van der Waals surface area contributed by atoms with E-state index in [2.05, 4.69) is 35.6 Å². The summed E-state index contributed by atoms with van der Waals surface area (Å²) in [6.45, 7) is 8.98. The van der Waals surface area contributed by atoms with Gasteiger partial charge in [-0.05, 0) is 24.2 Å². The Labute approximate surface area is 109 Å². The zero-order valence-electron chi connectivity index (χ0n) is 11.6. The Balaban J connectivity index is 2.01. The van der Waals surface area contributed by atoms with Crippen LogP contribution in [0.5, 0.6) is 0 Å². The number of hydrogen-bond donors (Lipinski definition) is 1. The fourth-order valence-corrected chi connectivity index (χ4v) is 2.60. The topological polar surface area (TPSA) is 49.2 Å². The molecule has 0 spiro atoms. The molecule has 0 radical (unpaired) electrons. The lowest BCUT2D eigenvalue weighted by Crippen LogP contribution is -2.38. The number of aliphatic hydroxyl groups is 1. The van der Waals surface area contributed by atoms with E-state index in [0.29, 0.717) is 11.1 Å². The van der Waals surface area contributed by atoms with Gasteiger partial charge in [-0.3, -0.25) is 4.98 Å². The van der Waals surface area contributed by atoms with Gasteiger partial charge in [-0.1, -0.05) is 20.8 Å². The number of hydrogen-bond acceptors (Lipinski definition) is 4. The van der Waals surface area contributed by atoms with Crippen molar-refractivity contribution in [2.75, 3.05) is 18.0 Å². The molecule has 4 nitrogen and oxygen atoms in total. The summed E-state index contributed by atoms with van der Waals surface area (Å²) in [6, 6.07) is 0. The minimum atomic E-state index is -0.0424. The van der Waals surface area contributed by atoms with Crippen LogP contribution in [0.3, 0.4) is 0 Å². The molecule has 0 amide bonds. The average Bonchev–Trinajstić information content (AvgIpc) is 2.38. The Hall–Kier alpha value is -1.16. The van der Waals surface area contributed by atoms with Crippen LogP contribution < -0.4 is 4.90 Å². The van der Waals surface area contributed by atoms with Crippen LogP contribution in [0.25, 0.3) is 0 Å². The number of piperidine rings is 1. The van der Waals surface area contributed by atoms with E-state index in [1.807, 2.05) is 0 Å². The first-order valence-corrected chi connectivity index (χ1v) is 6.67. The molecule has 0 aromatic carbocycles. The van der Waals surface area contributed by atoms with Crippen LogP contribution in [0.4, 0.5) is 5.82 Å². The zero-order valence-corrected chi connectivity index (χ0v) is 11.6. The highest BCUT2D eigenvalue weighted by Gasteiger charge is 2.29. The Morgan fingerprint density at radius 2 is 1.94 bits per heavy atom. The van der Waals surface area contributed by atoms with Crippen molar-refractivity contribution in [1.82, 2.24) is 9.97 Å². The first-order valence-electron chi connectivity index (χ1n) is 6.67. The summed E-state index contributed by atoms with van der Waals surface area (Å²) in [7, 11) is 0. The minimum Gasteiger partial charge on any atom is -0.390 e. The molecule has 2 rings (SSSR count). The van der Waals surface area contributed by atoms with Gasteiger partial charge in [0.05, 0.1) is 24.7 Å². The number of anilines is 1. The van der Waals surface area contributed by atoms with Crippen molar-refractivity contribution in [3.8, 4) is 0 Å². The number of aliphatic hydroxyl groups excluding tert-OH is 1. The molecule has 0 bridgehead atoms. The van der Waals surface area contributed by atoms with Gasteiger partial charge in [0.2, 0.25) is 0 Å². The van der Waals surface area contributed by atoms with E-state index in [0.717, 1.165) is 24.8 Å². The third-order valence-corrected chi connectivity index (χ3v) is 3.88. The van der Waals surface area contributed by atoms with Crippen molar-refractivity contribution in [3.63, 3.8) is 0 Å². The molecule has 1 aromatic heterocycles. The standard InChI is InChI=1S/C14H23N3O/c1-14(2,3)11-4-6-17(7-5-11)13-9-15-8-12(10-18)16-13/h8-9,11,18H,4-7,10H2,1-3H3. The van der Waals surface area contributed by atoms with Gasteiger partial charge in [-0.25, -0.2) is 4.98 Å². The fraction of sp³-hybridized carbons (Fsp3) is 0.714. The molecule has 1 aliphatic rings. The van der Waals surface area contributed by atoms with Gasteiger partial charge in [-0.15, -0.1) is 0 Å². The highest BCUT2D eigenvalue weighted by molar-refractivity contribution is 5.36.